The molecule has 0 saturated carbocycles. The zero-order valence-corrected chi connectivity index (χ0v) is 9.70. The van der Waals surface area contributed by atoms with Gasteiger partial charge in [0, 0.05) is 5.02 Å². The minimum absolute atomic E-state index is 0.0554. The van der Waals surface area contributed by atoms with Crippen molar-refractivity contribution in [2.45, 2.75) is 19.4 Å². The van der Waals surface area contributed by atoms with E-state index in [1.165, 1.54) is 0 Å². The first-order chi connectivity index (χ1) is 7.54. The van der Waals surface area contributed by atoms with Gasteiger partial charge in [-0.3, -0.25) is 4.79 Å². The maximum atomic E-state index is 10.5. The van der Waals surface area contributed by atoms with Crippen LogP contribution in [-0.2, 0) is 11.2 Å². The quantitative estimate of drug-likeness (QED) is 0.826. The predicted octanol–water partition coefficient (Wildman–Crippen LogP) is 1.69. The highest BCUT2D eigenvalue weighted by molar-refractivity contribution is 6.31. The van der Waals surface area contributed by atoms with Crippen LogP contribution in [0.3, 0.4) is 0 Å². The number of benzene rings is 1. The lowest BCUT2D eigenvalue weighted by Crippen LogP contribution is -2.36. The normalized spacial score (nSPS) is 12.2. The van der Waals surface area contributed by atoms with Crippen molar-refractivity contribution in [2.75, 3.05) is 6.61 Å². The fourth-order valence-electron chi connectivity index (χ4n) is 1.17. The SMILES string of the molecule is CCc1cc(OCC(N)C(=O)O)ccc1Cl. The van der Waals surface area contributed by atoms with Crippen LogP contribution in [-0.4, -0.2) is 23.7 Å². The Morgan fingerprint density at radius 3 is 2.88 bits per heavy atom. The van der Waals surface area contributed by atoms with Gasteiger partial charge in [0.05, 0.1) is 0 Å². The van der Waals surface area contributed by atoms with E-state index in [1.807, 2.05) is 6.92 Å². The summed E-state index contributed by atoms with van der Waals surface area (Å²) >= 11 is 5.94. The summed E-state index contributed by atoms with van der Waals surface area (Å²) in [5.41, 5.74) is 6.28. The zero-order chi connectivity index (χ0) is 12.1. The molecule has 0 aliphatic heterocycles. The summed E-state index contributed by atoms with van der Waals surface area (Å²) < 4.78 is 5.26. The average molecular weight is 244 g/mol. The number of hydrogen-bond donors (Lipinski definition) is 2. The van der Waals surface area contributed by atoms with E-state index >= 15 is 0 Å². The maximum Gasteiger partial charge on any atom is 0.324 e. The van der Waals surface area contributed by atoms with Crippen LogP contribution in [0.25, 0.3) is 0 Å². The minimum atomic E-state index is -1.08. The van der Waals surface area contributed by atoms with Gasteiger partial charge in [-0.05, 0) is 30.2 Å². The predicted molar refractivity (Wildman–Crippen MR) is 61.9 cm³/mol. The third-order valence-electron chi connectivity index (χ3n) is 2.14. The summed E-state index contributed by atoms with van der Waals surface area (Å²) in [6, 6.07) is 4.19. The number of carbonyl (C=O) groups is 1. The topological polar surface area (TPSA) is 72.5 Å². The minimum Gasteiger partial charge on any atom is -0.491 e. The molecule has 0 saturated heterocycles. The standard InChI is InChI=1S/C11H14ClNO3/c1-2-7-5-8(3-4-9(7)12)16-6-10(13)11(14)15/h3-5,10H,2,6,13H2,1H3,(H,14,15). The third-order valence-corrected chi connectivity index (χ3v) is 2.51. The molecule has 1 rings (SSSR count). The van der Waals surface area contributed by atoms with E-state index in [0.717, 1.165) is 12.0 Å². The van der Waals surface area contributed by atoms with Gasteiger partial charge < -0.3 is 15.6 Å². The largest absolute Gasteiger partial charge is 0.491 e. The van der Waals surface area contributed by atoms with Crippen molar-refractivity contribution >= 4 is 17.6 Å². The van der Waals surface area contributed by atoms with Gasteiger partial charge in [0.1, 0.15) is 18.4 Å². The summed E-state index contributed by atoms with van der Waals surface area (Å²) in [4.78, 5) is 10.5. The number of carboxylic acid groups (broad SMARTS) is 1. The molecule has 4 nitrogen and oxygen atoms in total. The van der Waals surface area contributed by atoms with Gasteiger partial charge in [0.15, 0.2) is 0 Å². The first kappa shape index (κ1) is 12.8. The second-order valence-electron chi connectivity index (χ2n) is 3.36. The molecular formula is C11H14ClNO3. The molecular weight excluding hydrogens is 230 g/mol. The van der Waals surface area contributed by atoms with Gasteiger partial charge in [-0.25, -0.2) is 0 Å². The Balaban J connectivity index is 2.64. The van der Waals surface area contributed by atoms with Crippen LogP contribution in [0.1, 0.15) is 12.5 Å². The van der Waals surface area contributed by atoms with Gasteiger partial charge in [-0.1, -0.05) is 18.5 Å². The Bertz CT molecular complexity index is 381. The summed E-state index contributed by atoms with van der Waals surface area (Å²) in [7, 11) is 0. The van der Waals surface area contributed by atoms with Gasteiger partial charge in [-0.15, -0.1) is 0 Å². The van der Waals surface area contributed by atoms with Crippen LogP contribution in [0, 0.1) is 0 Å². The van der Waals surface area contributed by atoms with E-state index in [-0.39, 0.29) is 6.61 Å². The molecule has 0 bridgehead atoms. The highest BCUT2D eigenvalue weighted by Crippen LogP contribution is 2.22. The molecule has 3 N–H and O–H groups in total. The molecule has 0 aliphatic carbocycles. The van der Waals surface area contributed by atoms with Crippen LogP contribution in [0.2, 0.25) is 5.02 Å². The van der Waals surface area contributed by atoms with Crippen molar-refractivity contribution in [1.82, 2.24) is 0 Å². The second-order valence-corrected chi connectivity index (χ2v) is 3.77. The molecule has 0 heterocycles. The second kappa shape index (κ2) is 5.72. The number of aryl methyl sites for hydroxylation is 1. The summed E-state index contributed by atoms with van der Waals surface area (Å²) in [5, 5.41) is 9.26. The first-order valence-electron chi connectivity index (χ1n) is 4.94. The van der Waals surface area contributed by atoms with Crippen molar-refractivity contribution < 1.29 is 14.6 Å². The Kier molecular flexibility index (Phi) is 4.58. The van der Waals surface area contributed by atoms with Crippen molar-refractivity contribution in [3.05, 3.63) is 28.8 Å². The average Bonchev–Trinajstić information content (AvgIpc) is 2.27. The Morgan fingerprint density at radius 1 is 1.62 bits per heavy atom. The molecule has 88 valence electrons. The number of aliphatic carboxylic acids is 1. The van der Waals surface area contributed by atoms with Crippen molar-refractivity contribution in [3.63, 3.8) is 0 Å². The third kappa shape index (κ3) is 3.40. The highest BCUT2D eigenvalue weighted by atomic mass is 35.5. The smallest absolute Gasteiger partial charge is 0.324 e. The monoisotopic (exact) mass is 243 g/mol. The van der Waals surface area contributed by atoms with Gasteiger partial charge in [0.2, 0.25) is 0 Å². The number of ether oxygens (including phenoxy) is 1. The molecule has 0 aromatic heterocycles. The van der Waals surface area contributed by atoms with E-state index < -0.39 is 12.0 Å². The van der Waals surface area contributed by atoms with Gasteiger partial charge >= 0.3 is 5.97 Å². The number of carboxylic acids is 1. The molecule has 0 aliphatic rings. The van der Waals surface area contributed by atoms with Crippen molar-refractivity contribution in [3.8, 4) is 5.75 Å². The Morgan fingerprint density at radius 2 is 2.31 bits per heavy atom. The van der Waals surface area contributed by atoms with Gasteiger partial charge in [0.25, 0.3) is 0 Å². The Labute approximate surface area is 99.0 Å². The molecule has 0 fully saturated rings. The lowest BCUT2D eigenvalue weighted by molar-refractivity contribution is -0.139. The van der Waals surface area contributed by atoms with Crippen LogP contribution in [0.5, 0.6) is 5.75 Å². The van der Waals surface area contributed by atoms with Crippen LogP contribution in [0.4, 0.5) is 0 Å². The van der Waals surface area contributed by atoms with E-state index in [4.69, 9.17) is 27.2 Å². The van der Waals surface area contributed by atoms with Crippen LogP contribution in [0.15, 0.2) is 18.2 Å². The van der Waals surface area contributed by atoms with E-state index in [9.17, 15) is 4.79 Å². The number of hydrogen-bond acceptors (Lipinski definition) is 3. The zero-order valence-electron chi connectivity index (χ0n) is 8.94. The van der Waals surface area contributed by atoms with E-state index in [2.05, 4.69) is 0 Å². The van der Waals surface area contributed by atoms with Crippen molar-refractivity contribution in [1.29, 1.82) is 0 Å². The molecule has 0 amide bonds. The molecule has 0 radical (unpaired) electrons. The fraction of sp³-hybridized carbons (Fsp3) is 0.364. The van der Waals surface area contributed by atoms with Crippen LogP contribution < -0.4 is 10.5 Å². The molecule has 5 heteroatoms. The molecule has 1 aromatic carbocycles. The Hall–Kier alpha value is -1.26. The summed E-state index contributed by atoms with van der Waals surface area (Å²) in [6.07, 6.45) is 0.793. The van der Waals surface area contributed by atoms with E-state index in [0.29, 0.717) is 10.8 Å². The highest BCUT2D eigenvalue weighted by Gasteiger charge is 2.12. The van der Waals surface area contributed by atoms with Crippen LogP contribution >= 0.6 is 11.6 Å². The maximum absolute atomic E-state index is 10.5. The van der Waals surface area contributed by atoms with Crippen molar-refractivity contribution in [2.24, 2.45) is 5.73 Å². The lowest BCUT2D eigenvalue weighted by atomic mass is 10.1. The fourth-order valence-corrected chi connectivity index (χ4v) is 1.42. The molecule has 1 atom stereocenters. The lowest BCUT2D eigenvalue weighted by Gasteiger charge is -2.10. The van der Waals surface area contributed by atoms with Gasteiger partial charge in [-0.2, -0.15) is 0 Å². The molecule has 0 spiro atoms. The molecule has 16 heavy (non-hydrogen) atoms. The number of halogens is 1. The van der Waals surface area contributed by atoms with E-state index in [1.54, 1.807) is 18.2 Å². The summed E-state index contributed by atoms with van der Waals surface area (Å²) in [6.45, 7) is 1.92. The molecule has 1 unspecified atom stereocenters. The summed E-state index contributed by atoms with van der Waals surface area (Å²) in [5.74, 6) is -0.498. The number of nitrogens with two attached hydrogens (primary N) is 1. The first-order valence-corrected chi connectivity index (χ1v) is 5.32. The number of rotatable bonds is 5. The molecule has 1 aromatic rings.